The summed E-state index contributed by atoms with van der Waals surface area (Å²) in [5.74, 6) is 0. The highest BCUT2D eigenvalue weighted by Crippen LogP contribution is 2.03. The first-order valence-electron chi connectivity index (χ1n) is 6.33. The molecule has 0 aliphatic rings. The Bertz CT molecular complexity index is 360. The van der Waals surface area contributed by atoms with Gasteiger partial charge >= 0.3 is 0 Å². The summed E-state index contributed by atoms with van der Waals surface area (Å²) in [5, 5.41) is 3.40. The molecule has 0 radical (unpaired) electrons. The van der Waals surface area contributed by atoms with Gasteiger partial charge in [0, 0.05) is 13.1 Å². The van der Waals surface area contributed by atoms with Crippen molar-refractivity contribution in [2.24, 2.45) is 0 Å². The quantitative estimate of drug-likeness (QED) is 0.697. The highest BCUT2D eigenvalue weighted by molar-refractivity contribution is 5.21. The summed E-state index contributed by atoms with van der Waals surface area (Å²) in [5.41, 5.74) is 3.77. The van der Waals surface area contributed by atoms with Gasteiger partial charge in [0.15, 0.2) is 0 Å². The van der Waals surface area contributed by atoms with Gasteiger partial charge in [-0.2, -0.15) is 0 Å². The largest absolute Gasteiger partial charge is 0.309 e. The van der Waals surface area contributed by atoms with E-state index in [-0.39, 0.29) is 0 Å². The van der Waals surface area contributed by atoms with E-state index >= 15 is 0 Å². The summed E-state index contributed by atoms with van der Waals surface area (Å²) in [6.45, 7) is 10.1. The van der Waals surface area contributed by atoms with E-state index in [1.165, 1.54) is 17.5 Å². The first kappa shape index (κ1) is 13.7. The monoisotopic (exact) mass is 229 g/mol. The van der Waals surface area contributed by atoms with Crippen LogP contribution in [0.25, 0.3) is 0 Å². The van der Waals surface area contributed by atoms with Crippen molar-refractivity contribution in [3.05, 3.63) is 59.7 Å². The molecule has 1 N–H and O–H groups in total. The lowest BCUT2D eigenvalue weighted by Gasteiger charge is -2.05. The summed E-state index contributed by atoms with van der Waals surface area (Å²) in [4.78, 5) is 0. The number of nitrogens with one attached hydrogen (secondary N) is 1. The zero-order valence-corrected chi connectivity index (χ0v) is 11.0. The fraction of sp³-hybridized carbons (Fsp3) is 0.375. The maximum absolute atomic E-state index is 4.02. The van der Waals surface area contributed by atoms with E-state index in [0.29, 0.717) is 0 Å². The van der Waals surface area contributed by atoms with Gasteiger partial charge in [0.1, 0.15) is 0 Å². The highest BCUT2D eigenvalue weighted by Gasteiger charge is 1.93. The number of hydrogen-bond donors (Lipinski definition) is 1. The van der Waals surface area contributed by atoms with Crippen molar-refractivity contribution >= 4 is 0 Å². The van der Waals surface area contributed by atoms with Crippen molar-refractivity contribution in [2.45, 2.75) is 33.2 Å². The molecule has 0 spiro atoms. The van der Waals surface area contributed by atoms with Crippen molar-refractivity contribution in [3.8, 4) is 0 Å². The summed E-state index contributed by atoms with van der Waals surface area (Å²) in [6, 6.07) is 8.62. The molecule has 17 heavy (non-hydrogen) atoms. The van der Waals surface area contributed by atoms with Crippen molar-refractivity contribution < 1.29 is 0 Å². The number of allylic oxidation sites excluding steroid dienone is 1. The molecule has 0 heterocycles. The molecule has 0 bridgehead atoms. The molecule has 0 fully saturated rings. The topological polar surface area (TPSA) is 12.0 Å². The van der Waals surface area contributed by atoms with Crippen LogP contribution in [-0.4, -0.2) is 6.54 Å². The van der Waals surface area contributed by atoms with E-state index in [1.54, 1.807) is 0 Å². The van der Waals surface area contributed by atoms with Crippen molar-refractivity contribution in [2.75, 3.05) is 6.54 Å². The van der Waals surface area contributed by atoms with E-state index in [9.17, 15) is 0 Å². The molecule has 92 valence electrons. The number of hydrogen-bond acceptors (Lipinski definition) is 1. The van der Waals surface area contributed by atoms with Crippen LogP contribution in [0.15, 0.2) is 48.6 Å². The molecule has 0 amide bonds. The van der Waals surface area contributed by atoms with Crippen molar-refractivity contribution in [1.29, 1.82) is 0 Å². The summed E-state index contributed by atoms with van der Waals surface area (Å²) in [6.07, 6.45) is 6.64. The molecular weight excluding hydrogens is 206 g/mol. The molecule has 1 heteroatoms. The van der Waals surface area contributed by atoms with Crippen LogP contribution in [0.3, 0.4) is 0 Å². The lowest BCUT2D eigenvalue weighted by atomic mass is 10.1. The molecular formula is C16H23N. The van der Waals surface area contributed by atoms with Gasteiger partial charge in [-0.1, -0.05) is 61.9 Å². The van der Waals surface area contributed by atoms with Crippen LogP contribution < -0.4 is 5.32 Å². The fourth-order valence-electron chi connectivity index (χ4n) is 1.55. The van der Waals surface area contributed by atoms with Crippen LogP contribution in [0.1, 0.15) is 30.9 Å². The van der Waals surface area contributed by atoms with Gasteiger partial charge in [-0.3, -0.25) is 0 Å². The Hall–Kier alpha value is -1.34. The maximum atomic E-state index is 4.02. The Morgan fingerprint density at radius 2 is 2.00 bits per heavy atom. The minimum atomic E-state index is 0.855. The molecule has 0 aliphatic heterocycles. The lowest BCUT2D eigenvalue weighted by Crippen LogP contribution is -2.15. The predicted octanol–water partition coefficient (Wildman–Crippen LogP) is 4.00. The third kappa shape index (κ3) is 6.08. The second kappa shape index (κ2) is 7.86. The maximum Gasteiger partial charge on any atom is 0.0208 e. The summed E-state index contributed by atoms with van der Waals surface area (Å²) < 4.78 is 0. The second-order valence-corrected chi connectivity index (χ2v) is 4.44. The number of unbranched alkanes of at least 4 members (excludes halogenated alkanes) is 1. The van der Waals surface area contributed by atoms with Gasteiger partial charge in [-0.25, -0.2) is 0 Å². The van der Waals surface area contributed by atoms with Gasteiger partial charge < -0.3 is 5.32 Å². The third-order valence-corrected chi connectivity index (χ3v) is 2.61. The average Bonchev–Trinajstić information content (AvgIpc) is 2.32. The van der Waals surface area contributed by atoms with E-state index in [1.807, 2.05) is 0 Å². The first-order chi connectivity index (χ1) is 8.22. The Balaban J connectivity index is 2.23. The second-order valence-electron chi connectivity index (χ2n) is 4.44. The first-order valence-corrected chi connectivity index (χ1v) is 6.33. The Kier molecular flexibility index (Phi) is 6.34. The van der Waals surface area contributed by atoms with E-state index in [0.717, 1.165) is 25.1 Å². The molecule has 0 saturated heterocycles. The summed E-state index contributed by atoms with van der Waals surface area (Å²) >= 11 is 0. The van der Waals surface area contributed by atoms with E-state index < -0.39 is 0 Å². The minimum absolute atomic E-state index is 0.855. The van der Waals surface area contributed by atoms with Crippen LogP contribution >= 0.6 is 0 Å². The minimum Gasteiger partial charge on any atom is -0.309 e. The van der Waals surface area contributed by atoms with Gasteiger partial charge in [-0.05, 0) is 24.5 Å². The van der Waals surface area contributed by atoms with Gasteiger partial charge in [0.2, 0.25) is 0 Å². The molecule has 0 atom stereocenters. The van der Waals surface area contributed by atoms with Crippen LogP contribution in [0, 0.1) is 6.92 Å². The normalized spacial score (nSPS) is 10.9. The van der Waals surface area contributed by atoms with Crippen LogP contribution in [0.4, 0.5) is 0 Å². The SMILES string of the molecule is C=C(/C=C\CCC)CNCc1ccc(C)cc1. The fourth-order valence-corrected chi connectivity index (χ4v) is 1.55. The third-order valence-electron chi connectivity index (χ3n) is 2.61. The van der Waals surface area contributed by atoms with Gasteiger partial charge in [0.25, 0.3) is 0 Å². The molecule has 0 saturated carbocycles. The zero-order chi connectivity index (χ0) is 12.5. The number of aryl methyl sites for hydroxylation is 1. The Morgan fingerprint density at radius 1 is 1.29 bits per heavy atom. The van der Waals surface area contributed by atoms with Gasteiger partial charge in [0.05, 0.1) is 0 Å². The molecule has 1 rings (SSSR count). The zero-order valence-electron chi connectivity index (χ0n) is 11.0. The van der Waals surface area contributed by atoms with E-state index in [4.69, 9.17) is 0 Å². The number of rotatable bonds is 7. The molecule has 0 aromatic heterocycles. The van der Waals surface area contributed by atoms with Crippen LogP contribution in [0.5, 0.6) is 0 Å². The smallest absolute Gasteiger partial charge is 0.0208 e. The van der Waals surface area contributed by atoms with Crippen LogP contribution in [0.2, 0.25) is 0 Å². The standard InChI is InChI=1S/C16H23N/c1-4-5-6-7-15(3)12-17-13-16-10-8-14(2)9-11-16/h6-11,17H,3-5,12-13H2,1-2H3/b7-6-. The molecule has 0 aliphatic carbocycles. The van der Waals surface area contributed by atoms with E-state index in [2.05, 4.69) is 62.2 Å². The molecule has 1 nitrogen and oxygen atoms in total. The predicted molar refractivity (Wildman–Crippen MR) is 76.1 cm³/mol. The summed E-state index contributed by atoms with van der Waals surface area (Å²) in [7, 11) is 0. The van der Waals surface area contributed by atoms with Crippen molar-refractivity contribution in [1.82, 2.24) is 5.32 Å². The van der Waals surface area contributed by atoms with Crippen LogP contribution in [-0.2, 0) is 6.54 Å². The molecule has 1 aromatic rings. The van der Waals surface area contributed by atoms with Gasteiger partial charge in [-0.15, -0.1) is 0 Å². The molecule has 0 unspecified atom stereocenters. The Labute approximate surface area is 105 Å². The average molecular weight is 229 g/mol. The lowest BCUT2D eigenvalue weighted by molar-refractivity contribution is 0.747. The van der Waals surface area contributed by atoms with Crippen molar-refractivity contribution in [3.63, 3.8) is 0 Å². The Morgan fingerprint density at radius 3 is 2.65 bits per heavy atom. The highest BCUT2D eigenvalue weighted by atomic mass is 14.8. The molecule has 1 aromatic carbocycles. The number of benzene rings is 1.